The summed E-state index contributed by atoms with van der Waals surface area (Å²) in [6, 6.07) is 22.6. The van der Waals surface area contributed by atoms with Gasteiger partial charge in [-0.15, -0.1) is 0 Å². The minimum atomic E-state index is -0.162. The first-order chi connectivity index (χ1) is 15.3. The van der Waals surface area contributed by atoms with Gasteiger partial charge in [0.15, 0.2) is 0 Å². The van der Waals surface area contributed by atoms with Crippen molar-refractivity contribution in [3.05, 3.63) is 106 Å². The predicted molar refractivity (Wildman–Crippen MR) is 137 cm³/mol. The largest absolute Gasteiger partial charge is 0.361 e. The fourth-order valence-corrected chi connectivity index (χ4v) is 5.27. The maximum Gasteiger partial charge on any atom is 0.0447 e. The van der Waals surface area contributed by atoms with Crippen LogP contribution >= 0.6 is 0 Å². The molecule has 8 bridgehead atoms. The van der Waals surface area contributed by atoms with E-state index in [0.29, 0.717) is 0 Å². The highest BCUT2D eigenvalue weighted by molar-refractivity contribution is 5.45. The molecule has 0 aliphatic carbocycles. The Labute approximate surface area is 198 Å². The number of hydrogen-bond acceptors (Lipinski definition) is 0. The average molecular weight is 440 g/mol. The third-order valence-electron chi connectivity index (χ3n) is 8.40. The van der Waals surface area contributed by atoms with Crippen molar-refractivity contribution < 1.29 is 0 Å². The van der Waals surface area contributed by atoms with Crippen LogP contribution in [0.3, 0.4) is 0 Å². The first kappa shape index (κ1) is 21.9. The standard InChI is InChI=1S/C30H37N3/c1-27(2)19-10-9-11-20(18-19)28(3,4)22-13-15-24(32-22)30(7,8)26-17-16-25(33-26)29(5,6)23-14-12-21(27)31-23/h9-18,31-33H,1-8H3. The summed E-state index contributed by atoms with van der Waals surface area (Å²) in [5, 5.41) is 0. The molecule has 5 rings (SSSR count). The van der Waals surface area contributed by atoms with E-state index in [9.17, 15) is 0 Å². The molecule has 33 heavy (non-hydrogen) atoms. The van der Waals surface area contributed by atoms with E-state index >= 15 is 0 Å². The van der Waals surface area contributed by atoms with Crippen molar-refractivity contribution in [1.29, 1.82) is 0 Å². The molecule has 0 fully saturated rings. The SMILES string of the molecule is CC1(C)c2cccc(c2)C(C)(C)c2ccc([nH]2)C(C)(C)c2ccc([nH]2)C(C)(C)c2ccc1[nH]2. The Kier molecular flexibility index (Phi) is 4.50. The number of aromatic nitrogens is 3. The summed E-state index contributed by atoms with van der Waals surface area (Å²) in [6.45, 7) is 18.4. The van der Waals surface area contributed by atoms with Crippen LogP contribution in [0.4, 0.5) is 0 Å². The first-order valence-electron chi connectivity index (χ1n) is 12.1. The van der Waals surface area contributed by atoms with Gasteiger partial charge in [-0.2, -0.15) is 0 Å². The molecule has 4 aromatic rings. The fraction of sp³-hybridized carbons (Fsp3) is 0.400. The van der Waals surface area contributed by atoms with Crippen molar-refractivity contribution in [2.45, 2.75) is 77.0 Å². The van der Waals surface area contributed by atoms with Gasteiger partial charge in [0.05, 0.1) is 0 Å². The zero-order chi connectivity index (χ0) is 23.8. The summed E-state index contributed by atoms with van der Waals surface area (Å²) in [7, 11) is 0. The van der Waals surface area contributed by atoms with Crippen LogP contribution in [-0.4, -0.2) is 15.0 Å². The molecule has 3 N–H and O–H groups in total. The maximum atomic E-state index is 3.80. The second-order valence-electron chi connectivity index (χ2n) is 11.9. The maximum absolute atomic E-state index is 3.80. The van der Waals surface area contributed by atoms with Crippen molar-refractivity contribution in [2.75, 3.05) is 0 Å². The van der Waals surface area contributed by atoms with Crippen LogP contribution in [0.1, 0.15) is 101 Å². The smallest absolute Gasteiger partial charge is 0.0447 e. The number of H-pyrrole nitrogens is 3. The number of nitrogens with one attached hydrogen (secondary N) is 3. The molecule has 3 nitrogen and oxygen atoms in total. The second kappa shape index (κ2) is 6.79. The second-order valence-corrected chi connectivity index (χ2v) is 11.9. The lowest BCUT2D eigenvalue weighted by molar-refractivity contribution is 0.554. The molecule has 172 valence electrons. The van der Waals surface area contributed by atoms with Gasteiger partial charge in [0.25, 0.3) is 0 Å². The molecule has 0 saturated carbocycles. The summed E-state index contributed by atoms with van der Waals surface area (Å²) in [5.74, 6) is 0. The van der Waals surface area contributed by atoms with Crippen LogP contribution in [0.2, 0.25) is 0 Å². The lowest BCUT2D eigenvalue weighted by atomic mass is 9.76. The minimum absolute atomic E-state index is 0.138. The van der Waals surface area contributed by atoms with Crippen molar-refractivity contribution in [3.8, 4) is 0 Å². The molecule has 0 amide bonds. The summed E-state index contributed by atoms with van der Waals surface area (Å²) < 4.78 is 0. The summed E-state index contributed by atoms with van der Waals surface area (Å²) in [4.78, 5) is 11.4. The van der Waals surface area contributed by atoms with Crippen LogP contribution in [0.5, 0.6) is 0 Å². The van der Waals surface area contributed by atoms with E-state index < -0.39 is 0 Å². The Balaban J connectivity index is 1.78. The van der Waals surface area contributed by atoms with E-state index in [0.717, 1.165) is 0 Å². The molecule has 3 aromatic heterocycles. The molecule has 0 spiro atoms. The van der Waals surface area contributed by atoms with E-state index in [1.54, 1.807) is 0 Å². The lowest BCUT2D eigenvalue weighted by Crippen LogP contribution is -2.26. The molecule has 0 saturated heterocycles. The third kappa shape index (κ3) is 3.16. The van der Waals surface area contributed by atoms with Gasteiger partial charge >= 0.3 is 0 Å². The number of rotatable bonds is 0. The van der Waals surface area contributed by atoms with Gasteiger partial charge in [-0.3, -0.25) is 0 Å². The molecular formula is C30H37N3. The van der Waals surface area contributed by atoms with Crippen molar-refractivity contribution in [3.63, 3.8) is 0 Å². The molecule has 1 aliphatic rings. The van der Waals surface area contributed by atoms with Gasteiger partial charge in [0, 0.05) is 55.8 Å². The van der Waals surface area contributed by atoms with Crippen LogP contribution < -0.4 is 0 Å². The number of fused-ring (bicyclic) bond motifs is 8. The van der Waals surface area contributed by atoms with E-state index in [-0.39, 0.29) is 21.7 Å². The van der Waals surface area contributed by atoms with Crippen molar-refractivity contribution >= 4 is 0 Å². The van der Waals surface area contributed by atoms with E-state index in [4.69, 9.17) is 0 Å². The summed E-state index contributed by atoms with van der Waals surface area (Å²) >= 11 is 0. The van der Waals surface area contributed by atoms with Gasteiger partial charge < -0.3 is 15.0 Å². The Morgan fingerprint density at radius 2 is 0.667 bits per heavy atom. The molecule has 1 aromatic carbocycles. The molecule has 4 heterocycles. The normalized spacial score (nSPS) is 19.9. The molecule has 1 aliphatic heterocycles. The molecule has 0 atom stereocenters. The highest BCUT2D eigenvalue weighted by atomic mass is 14.8. The monoisotopic (exact) mass is 439 g/mol. The van der Waals surface area contributed by atoms with Gasteiger partial charge in [-0.25, -0.2) is 0 Å². The highest BCUT2D eigenvalue weighted by Gasteiger charge is 2.35. The summed E-state index contributed by atoms with van der Waals surface area (Å²) in [6.07, 6.45) is 0. The van der Waals surface area contributed by atoms with Crippen LogP contribution in [0.25, 0.3) is 0 Å². The highest BCUT2D eigenvalue weighted by Crippen LogP contribution is 2.41. The lowest BCUT2D eigenvalue weighted by Gasteiger charge is -2.30. The number of aromatic amines is 3. The van der Waals surface area contributed by atoms with Crippen LogP contribution in [0, 0.1) is 0 Å². The quantitative estimate of drug-likeness (QED) is 0.258. The Bertz CT molecular complexity index is 1220. The van der Waals surface area contributed by atoms with Crippen molar-refractivity contribution in [2.24, 2.45) is 0 Å². The topological polar surface area (TPSA) is 47.4 Å². The van der Waals surface area contributed by atoms with Gasteiger partial charge in [0.2, 0.25) is 0 Å². The van der Waals surface area contributed by atoms with Gasteiger partial charge in [-0.05, 0) is 75.2 Å². The zero-order valence-electron chi connectivity index (χ0n) is 21.3. The molecule has 0 unspecified atom stereocenters. The Morgan fingerprint density at radius 1 is 0.394 bits per heavy atom. The van der Waals surface area contributed by atoms with Gasteiger partial charge in [0.1, 0.15) is 0 Å². The van der Waals surface area contributed by atoms with Crippen LogP contribution in [0.15, 0.2) is 60.7 Å². The number of benzene rings is 1. The van der Waals surface area contributed by atoms with Crippen molar-refractivity contribution in [1.82, 2.24) is 15.0 Å². The average Bonchev–Trinajstić information content (AvgIpc) is 3.54. The predicted octanol–water partition coefficient (Wildman–Crippen LogP) is 7.29. The number of hydrogen-bond donors (Lipinski definition) is 3. The molecular weight excluding hydrogens is 402 g/mol. The summed E-state index contributed by atoms with van der Waals surface area (Å²) in [5.41, 5.74) is 9.41. The minimum Gasteiger partial charge on any atom is -0.361 e. The first-order valence-corrected chi connectivity index (χ1v) is 12.1. The van der Waals surface area contributed by atoms with Crippen LogP contribution in [-0.2, 0) is 21.7 Å². The zero-order valence-corrected chi connectivity index (χ0v) is 21.3. The fourth-order valence-electron chi connectivity index (χ4n) is 5.27. The van der Waals surface area contributed by atoms with E-state index in [2.05, 4.69) is 131 Å². The Hall–Kier alpha value is -2.94. The molecule has 3 heteroatoms. The molecule has 0 radical (unpaired) electrons. The van der Waals surface area contributed by atoms with E-state index in [1.165, 1.54) is 45.3 Å². The third-order valence-corrected chi connectivity index (χ3v) is 8.40. The Morgan fingerprint density at radius 3 is 0.970 bits per heavy atom. The van der Waals surface area contributed by atoms with Gasteiger partial charge in [-0.1, -0.05) is 52.0 Å². The van der Waals surface area contributed by atoms with E-state index in [1.807, 2.05) is 0 Å².